The molecule has 3 heteroatoms. The Balaban J connectivity index is 2.18. The molecule has 0 saturated carbocycles. The van der Waals surface area contributed by atoms with E-state index in [2.05, 4.69) is 0 Å². The van der Waals surface area contributed by atoms with E-state index < -0.39 is 0 Å². The largest absolute Gasteiger partial charge is 0.508 e. The van der Waals surface area contributed by atoms with Gasteiger partial charge in [0.15, 0.2) is 0 Å². The minimum absolute atomic E-state index is 0.235. The zero-order valence-electron chi connectivity index (χ0n) is 7.98. The number of rotatable bonds is 6. The van der Waals surface area contributed by atoms with Gasteiger partial charge in [0.05, 0.1) is 6.61 Å². The molecule has 0 aliphatic carbocycles. The van der Waals surface area contributed by atoms with E-state index in [1.54, 1.807) is 24.3 Å². The molecule has 0 aromatic heterocycles. The van der Waals surface area contributed by atoms with E-state index in [1.165, 1.54) is 0 Å². The molecule has 14 heavy (non-hydrogen) atoms. The lowest BCUT2D eigenvalue weighted by molar-refractivity contribution is -0.107. The minimum atomic E-state index is 0.235. The minimum Gasteiger partial charge on any atom is -0.508 e. The molecule has 1 N–H and O–H groups in total. The van der Waals surface area contributed by atoms with E-state index in [-0.39, 0.29) is 5.75 Å². The molecule has 0 bridgehead atoms. The third-order valence-corrected chi connectivity index (χ3v) is 1.82. The molecule has 0 aliphatic rings. The second-order valence-electron chi connectivity index (χ2n) is 3.00. The highest BCUT2D eigenvalue weighted by molar-refractivity contribution is 5.48. The van der Waals surface area contributed by atoms with Crippen LogP contribution in [0, 0.1) is 0 Å². The van der Waals surface area contributed by atoms with E-state index in [0.717, 1.165) is 24.9 Å². The number of aromatic hydroxyl groups is 1. The van der Waals surface area contributed by atoms with E-state index >= 15 is 0 Å². The highest BCUT2D eigenvalue weighted by Crippen LogP contribution is 2.16. The van der Waals surface area contributed by atoms with Gasteiger partial charge in [-0.1, -0.05) is 0 Å². The topological polar surface area (TPSA) is 46.5 Å². The van der Waals surface area contributed by atoms with E-state index in [9.17, 15) is 4.79 Å². The molecule has 0 radical (unpaired) electrons. The normalized spacial score (nSPS) is 9.71. The first kappa shape index (κ1) is 10.6. The Bertz CT molecular complexity index is 266. The van der Waals surface area contributed by atoms with Gasteiger partial charge in [-0.15, -0.1) is 0 Å². The number of unbranched alkanes of at least 4 members (excludes halogenated alkanes) is 2. The third-order valence-electron chi connectivity index (χ3n) is 1.82. The fourth-order valence-corrected chi connectivity index (χ4v) is 1.06. The summed E-state index contributed by atoms with van der Waals surface area (Å²) in [6.07, 6.45) is 3.25. The van der Waals surface area contributed by atoms with Gasteiger partial charge >= 0.3 is 0 Å². The summed E-state index contributed by atoms with van der Waals surface area (Å²) >= 11 is 0. The summed E-state index contributed by atoms with van der Waals surface area (Å²) in [4.78, 5) is 10.0. The van der Waals surface area contributed by atoms with Crippen molar-refractivity contribution in [2.75, 3.05) is 6.61 Å². The average Bonchev–Trinajstić information content (AvgIpc) is 2.21. The number of carbonyl (C=O) groups excluding carboxylic acids is 1. The number of hydrogen-bond donors (Lipinski definition) is 1. The number of hydrogen-bond acceptors (Lipinski definition) is 3. The highest BCUT2D eigenvalue weighted by atomic mass is 16.5. The van der Waals surface area contributed by atoms with Crippen molar-refractivity contribution in [1.29, 1.82) is 0 Å². The molecule has 0 spiro atoms. The first-order chi connectivity index (χ1) is 6.83. The second kappa shape index (κ2) is 6.02. The molecule has 1 rings (SSSR count). The molecule has 76 valence electrons. The Morgan fingerprint density at radius 1 is 1.21 bits per heavy atom. The molecule has 0 unspecified atom stereocenters. The molecular formula is C11H14O3. The molecule has 1 aromatic rings. The maximum atomic E-state index is 10.0. The molecule has 0 heterocycles. The Morgan fingerprint density at radius 3 is 2.57 bits per heavy atom. The van der Waals surface area contributed by atoms with Crippen LogP contribution in [-0.2, 0) is 4.79 Å². The van der Waals surface area contributed by atoms with Crippen LogP contribution in [0.2, 0.25) is 0 Å². The number of carbonyl (C=O) groups is 1. The van der Waals surface area contributed by atoms with E-state index in [0.29, 0.717) is 13.0 Å². The van der Waals surface area contributed by atoms with Gasteiger partial charge in [0.1, 0.15) is 17.8 Å². The zero-order chi connectivity index (χ0) is 10.2. The van der Waals surface area contributed by atoms with Gasteiger partial charge in [0.2, 0.25) is 0 Å². The standard InChI is InChI=1S/C11H14O3/c12-8-2-1-3-9-14-11-6-4-10(13)5-7-11/h4-8,13H,1-3,9H2. The summed E-state index contributed by atoms with van der Waals surface area (Å²) in [7, 11) is 0. The lowest BCUT2D eigenvalue weighted by Gasteiger charge is -2.04. The van der Waals surface area contributed by atoms with Crippen molar-refractivity contribution >= 4 is 6.29 Å². The number of aldehydes is 1. The fourth-order valence-electron chi connectivity index (χ4n) is 1.06. The van der Waals surface area contributed by atoms with Gasteiger partial charge in [-0.2, -0.15) is 0 Å². The summed E-state index contributed by atoms with van der Waals surface area (Å²) in [5, 5.41) is 9.00. The molecule has 0 amide bonds. The molecule has 1 aromatic carbocycles. The van der Waals surface area contributed by atoms with Crippen LogP contribution in [0.15, 0.2) is 24.3 Å². The zero-order valence-corrected chi connectivity index (χ0v) is 7.98. The number of benzene rings is 1. The maximum Gasteiger partial charge on any atom is 0.119 e. The Kier molecular flexibility index (Phi) is 4.55. The summed E-state index contributed by atoms with van der Waals surface area (Å²) in [6.45, 7) is 0.610. The van der Waals surface area contributed by atoms with Crippen molar-refractivity contribution in [2.24, 2.45) is 0 Å². The molecule has 0 saturated heterocycles. The summed E-state index contributed by atoms with van der Waals surface area (Å²) in [5.41, 5.74) is 0. The first-order valence-corrected chi connectivity index (χ1v) is 4.68. The second-order valence-corrected chi connectivity index (χ2v) is 3.00. The van der Waals surface area contributed by atoms with Gasteiger partial charge in [-0.05, 0) is 37.1 Å². The summed E-state index contributed by atoms with van der Waals surface area (Å²) in [6, 6.07) is 6.60. The van der Waals surface area contributed by atoms with Crippen LogP contribution in [-0.4, -0.2) is 18.0 Å². The van der Waals surface area contributed by atoms with Crippen LogP contribution < -0.4 is 4.74 Å². The van der Waals surface area contributed by atoms with Crippen molar-refractivity contribution in [2.45, 2.75) is 19.3 Å². The van der Waals surface area contributed by atoms with Crippen molar-refractivity contribution in [1.82, 2.24) is 0 Å². The smallest absolute Gasteiger partial charge is 0.119 e. The Morgan fingerprint density at radius 2 is 1.93 bits per heavy atom. The first-order valence-electron chi connectivity index (χ1n) is 4.68. The van der Waals surface area contributed by atoms with Crippen LogP contribution in [0.1, 0.15) is 19.3 Å². The quantitative estimate of drug-likeness (QED) is 0.557. The predicted octanol–water partition coefficient (Wildman–Crippen LogP) is 2.14. The molecule has 0 atom stereocenters. The third kappa shape index (κ3) is 3.94. The van der Waals surface area contributed by atoms with Crippen LogP contribution in [0.3, 0.4) is 0 Å². The monoisotopic (exact) mass is 194 g/mol. The molecule has 0 fully saturated rings. The van der Waals surface area contributed by atoms with Gasteiger partial charge in [0, 0.05) is 6.42 Å². The van der Waals surface area contributed by atoms with E-state index in [1.807, 2.05) is 0 Å². The molecule has 3 nitrogen and oxygen atoms in total. The van der Waals surface area contributed by atoms with Crippen LogP contribution >= 0.6 is 0 Å². The Hall–Kier alpha value is -1.51. The number of ether oxygens (including phenoxy) is 1. The maximum absolute atomic E-state index is 10.0. The van der Waals surface area contributed by atoms with Gasteiger partial charge in [-0.25, -0.2) is 0 Å². The van der Waals surface area contributed by atoms with Crippen LogP contribution in [0.25, 0.3) is 0 Å². The highest BCUT2D eigenvalue weighted by Gasteiger charge is 1.93. The predicted molar refractivity (Wildman–Crippen MR) is 53.5 cm³/mol. The van der Waals surface area contributed by atoms with E-state index in [4.69, 9.17) is 9.84 Å². The molecule has 0 aliphatic heterocycles. The van der Waals surface area contributed by atoms with Gasteiger partial charge in [0.25, 0.3) is 0 Å². The van der Waals surface area contributed by atoms with Crippen molar-refractivity contribution in [3.8, 4) is 11.5 Å². The Labute approximate surface area is 83.3 Å². The lowest BCUT2D eigenvalue weighted by atomic mass is 10.2. The van der Waals surface area contributed by atoms with Crippen molar-refractivity contribution in [3.63, 3.8) is 0 Å². The SMILES string of the molecule is O=CCCCCOc1ccc(O)cc1. The summed E-state index contributed by atoms with van der Waals surface area (Å²) in [5.74, 6) is 0.979. The average molecular weight is 194 g/mol. The molecular weight excluding hydrogens is 180 g/mol. The van der Waals surface area contributed by atoms with Crippen molar-refractivity contribution in [3.05, 3.63) is 24.3 Å². The summed E-state index contributed by atoms with van der Waals surface area (Å²) < 4.78 is 5.38. The lowest BCUT2D eigenvalue weighted by Crippen LogP contribution is -1.96. The van der Waals surface area contributed by atoms with Crippen LogP contribution in [0.4, 0.5) is 0 Å². The number of phenols is 1. The van der Waals surface area contributed by atoms with Crippen LogP contribution in [0.5, 0.6) is 11.5 Å². The number of phenolic OH excluding ortho intramolecular Hbond substituents is 1. The fraction of sp³-hybridized carbons (Fsp3) is 0.364. The van der Waals surface area contributed by atoms with Crippen molar-refractivity contribution < 1.29 is 14.6 Å². The van der Waals surface area contributed by atoms with Gasteiger partial charge in [-0.3, -0.25) is 0 Å². The van der Waals surface area contributed by atoms with Gasteiger partial charge < -0.3 is 14.6 Å².